The topological polar surface area (TPSA) is 96.4 Å². The van der Waals surface area contributed by atoms with Gasteiger partial charge >= 0.3 is 5.97 Å². The first-order valence-electron chi connectivity index (χ1n) is 13.7. The van der Waals surface area contributed by atoms with Crippen molar-refractivity contribution in [3.63, 3.8) is 0 Å². The van der Waals surface area contributed by atoms with Crippen LogP contribution in [0.25, 0.3) is 0 Å². The molecule has 3 saturated heterocycles. The van der Waals surface area contributed by atoms with Crippen molar-refractivity contribution in [2.75, 3.05) is 19.8 Å². The number of allylic oxidation sites excluding steroid dienone is 1. The summed E-state index contributed by atoms with van der Waals surface area (Å²) in [5, 5.41) is 10.3. The lowest BCUT2D eigenvalue weighted by molar-refractivity contribution is -0.164. The van der Waals surface area contributed by atoms with Gasteiger partial charge in [0.05, 0.1) is 30.8 Å². The van der Waals surface area contributed by atoms with Crippen LogP contribution in [0.1, 0.15) is 67.2 Å². The Bertz CT molecular complexity index is 903. The monoisotopic (exact) mass is 518 g/mol. The third-order valence-corrected chi connectivity index (χ3v) is 8.83. The molecule has 3 heterocycles. The Kier molecular flexibility index (Phi) is 8.95. The largest absolute Gasteiger partial charge is 0.465 e. The van der Waals surface area contributed by atoms with Crippen LogP contribution in [0.4, 0.5) is 0 Å². The third kappa shape index (κ3) is 4.76. The molecule has 8 heteroatoms. The zero-order valence-electron chi connectivity index (χ0n) is 23.4. The Morgan fingerprint density at radius 2 is 1.92 bits per heavy atom. The van der Waals surface area contributed by atoms with Gasteiger partial charge in [0.15, 0.2) is 0 Å². The highest BCUT2D eigenvalue weighted by Crippen LogP contribution is 2.65. The molecule has 208 valence electrons. The number of fused-ring (bicyclic) bond motifs is 1. The summed E-state index contributed by atoms with van der Waals surface area (Å²) < 4.78 is 12.4. The molecule has 37 heavy (non-hydrogen) atoms. The summed E-state index contributed by atoms with van der Waals surface area (Å²) in [6.07, 6.45) is 6.40. The molecule has 0 aromatic heterocycles. The number of likely N-dealkylation sites (tertiary alicyclic amines) is 1. The lowest BCUT2D eigenvalue weighted by Gasteiger charge is -2.41. The Morgan fingerprint density at radius 3 is 2.46 bits per heavy atom. The number of amides is 2. The van der Waals surface area contributed by atoms with Gasteiger partial charge in [-0.3, -0.25) is 14.4 Å². The Morgan fingerprint density at radius 1 is 1.24 bits per heavy atom. The molecule has 2 amide bonds. The summed E-state index contributed by atoms with van der Waals surface area (Å²) in [7, 11) is 0. The standard InChI is InChI=1S/C29H46N2O6/c1-9-11-12-13-15-36-27(35)23-22-25(33)31(21(17-32)18(3)4)24(26(34)30(14-10-2)19(5)6)29(22)16-20(7)28(23,8)37-29/h9-10,18-24,32H,1-2,11-17H2,3-8H3/t20?,21-,22-,23+,24?,28-,29?/m0/s1. The second-order valence-corrected chi connectivity index (χ2v) is 11.8. The van der Waals surface area contributed by atoms with E-state index in [4.69, 9.17) is 9.47 Å². The van der Waals surface area contributed by atoms with Crippen LogP contribution in [0.2, 0.25) is 0 Å². The number of carbonyl (C=O) groups is 3. The summed E-state index contributed by atoms with van der Waals surface area (Å²) in [5.74, 6) is -2.82. The van der Waals surface area contributed by atoms with Gasteiger partial charge in [-0.05, 0) is 58.3 Å². The van der Waals surface area contributed by atoms with Gasteiger partial charge < -0.3 is 24.4 Å². The highest BCUT2D eigenvalue weighted by atomic mass is 16.6. The number of hydrogen-bond acceptors (Lipinski definition) is 6. The average Bonchev–Trinajstić information content (AvgIpc) is 3.34. The van der Waals surface area contributed by atoms with Crippen molar-refractivity contribution in [2.45, 2.75) is 96.6 Å². The molecule has 0 aliphatic carbocycles. The van der Waals surface area contributed by atoms with Crippen molar-refractivity contribution in [1.29, 1.82) is 0 Å². The van der Waals surface area contributed by atoms with Gasteiger partial charge in [0.1, 0.15) is 17.6 Å². The normalized spacial score (nSPS) is 33.1. The number of carbonyl (C=O) groups excluding carboxylic acids is 3. The maximum absolute atomic E-state index is 14.3. The summed E-state index contributed by atoms with van der Waals surface area (Å²) in [6, 6.07) is -1.66. The third-order valence-electron chi connectivity index (χ3n) is 8.83. The smallest absolute Gasteiger partial charge is 0.312 e. The molecule has 0 aromatic carbocycles. The van der Waals surface area contributed by atoms with E-state index in [2.05, 4.69) is 13.2 Å². The van der Waals surface area contributed by atoms with Crippen molar-refractivity contribution < 1.29 is 29.0 Å². The molecule has 8 nitrogen and oxygen atoms in total. The van der Waals surface area contributed by atoms with Crippen LogP contribution in [0.5, 0.6) is 0 Å². The molecule has 3 unspecified atom stereocenters. The van der Waals surface area contributed by atoms with E-state index in [1.165, 1.54) is 4.90 Å². The van der Waals surface area contributed by atoms with Crippen LogP contribution in [0.15, 0.2) is 25.3 Å². The van der Waals surface area contributed by atoms with Gasteiger partial charge in [-0.2, -0.15) is 0 Å². The molecule has 3 fully saturated rings. The first-order chi connectivity index (χ1) is 17.4. The van der Waals surface area contributed by atoms with E-state index < -0.39 is 41.1 Å². The first kappa shape index (κ1) is 29.4. The predicted octanol–water partition coefficient (Wildman–Crippen LogP) is 3.34. The fourth-order valence-corrected chi connectivity index (χ4v) is 6.80. The Balaban J connectivity index is 2.07. The Labute approximate surface area is 222 Å². The van der Waals surface area contributed by atoms with Gasteiger partial charge in [0.25, 0.3) is 0 Å². The molecule has 0 radical (unpaired) electrons. The van der Waals surface area contributed by atoms with E-state index >= 15 is 0 Å². The number of rotatable bonds is 13. The number of aliphatic hydroxyl groups excluding tert-OH is 1. The van der Waals surface area contributed by atoms with Crippen LogP contribution in [-0.4, -0.2) is 81.8 Å². The summed E-state index contributed by atoms with van der Waals surface area (Å²) in [6.45, 7) is 19.4. The summed E-state index contributed by atoms with van der Waals surface area (Å²) >= 11 is 0. The van der Waals surface area contributed by atoms with E-state index in [-0.39, 0.29) is 42.9 Å². The van der Waals surface area contributed by atoms with Crippen LogP contribution >= 0.6 is 0 Å². The lowest BCUT2D eigenvalue weighted by atomic mass is 9.62. The Hall–Kier alpha value is -2.19. The number of unbranched alkanes of at least 4 members (excludes halogenated alkanes) is 2. The summed E-state index contributed by atoms with van der Waals surface area (Å²) in [4.78, 5) is 45.3. The van der Waals surface area contributed by atoms with Crippen LogP contribution in [0.3, 0.4) is 0 Å². The van der Waals surface area contributed by atoms with E-state index in [0.29, 0.717) is 19.4 Å². The molecule has 1 N–H and O–H groups in total. The molecule has 0 aromatic rings. The molecule has 2 bridgehead atoms. The van der Waals surface area contributed by atoms with Crippen LogP contribution in [-0.2, 0) is 23.9 Å². The second kappa shape index (κ2) is 11.3. The van der Waals surface area contributed by atoms with E-state index in [9.17, 15) is 19.5 Å². The van der Waals surface area contributed by atoms with Crippen molar-refractivity contribution in [3.8, 4) is 0 Å². The zero-order valence-corrected chi connectivity index (χ0v) is 23.4. The molecule has 3 rings (SSSR count). The molecule has 3 aliphatic heterocycles. The maximum Gasteiger partial charge on any atom is 0.312 e. The van der Waals surface area contributed by atoms with Crippen LogP contribution < -0.4 is 0 Å². The fraction of sp³-hybridized carbons (Fsp3) is 0.759. The highest BCUT2D eigenvalue weighted by Gasteiger charge is 2.80. The SMILES string of the molecule is C=CCCCCOC(=O)[C@H]1[C@H]2C(=O)N([C@@H](CO)C(C)C)C(C(=O)N(CC=C)C(C)C)C23CC(C)[C@]1(C)O3. The minimum absolute atomic E-state index is 0.0661. The van der Waals surface area contributed by atoms with Crippen LogP contribution in [0, 0.1) is 23.7 Å². The predicted molar refractivity (Wildman–Crippen MR) is 141 cm³/mol. The van der Waals surface area contributed by atoms with Crippen molar-refractivity contribution in [3.05, 3.63) is 25.3 Å². The summed E-state index contributed by atoms with van der Waals surface area (Å²) in [5.41, 5.74) is -2.08. The number of hydrogen-bond donors (Lipinski definition) is 1. The highest BCUT2D eigenvalue weighted by molar-refractivity contribution is 5.99. The number of nitrogens with zero attached hydrogens (tertiary/aromatic N) is 2. The molecule has 3 aliphatic rings. The molecule has 1 spiro atoms. The van der Waals surface area contributed by atoms with Crippen molar-refractivity contribution in [1.82, 2.24) is 9.80 Å². The molecule has 7 atom stereocenters. The van der Waals surface area contributed by atoms with E-state index in [1.54, 1.807) is 11.0 Å². The second-order valence-electron chi connectivity index (χ2n) is 11.8. The molecular formula is C29H46N2O6. The van der Waals surface area contributed by atoms with Crippen molar-refractivity contribution >= 4 is 17.8 Å². The minimum Gasteiger partial charge on any atom is -0.465 e. The molecule has 0 saturated carbocycles. The van der Waals surface area contributed by atoms with Gasteiger partial charge in [-0.1, -0.05) is 32.9 Å². The first-order valence-corrected chi connectivity index (χ1v) is 13.7. The fourth-order valence-electron chi connectivity index (χ4n) is 6.80. The molecular weight excluding hydrogens is 472 g/mol. The van der Waals surface area contributed by atoms with Gasteiger partial charge in [-0.25, -0.2) is 0 Å². The number of esters is 1. The maximum atomic E-state index is 14.3. The quantitative estimate of drug-likeness (QED) is 0.228. The minimum atomic E-state index is -1.16. The van der Waals surface area contributed by atoms with E-state index in [1.807, 2.05) is 47.6 Å². The van der Waals surface area contributed by atoms with E-state index in [0.717, 1.165) is 12.8 Å². The van der Waals surface area contributed by atoms with Gasteiger partial charge in [0, 0.05) is 12.6 Å². The van der Waals surface area contributed by atoms with Gasteiger partial charge in [-0.15, -0.1) is 13.2 Å². The average molecular weight is 519 g/mol. The number of aliphatic hydroxyl groups is 1. The lowest BCUT2D eigenvalue weighted by Crippen LogP contribution is -2.60. The van der Waals surface area contributed by atoms with Crippen molar-refractivity contribution in [2.24, 2.45) is 23.7 Å². The zero-order chi connectivity index (χ0) is 27.7. The van der Waals surface area contributed by atoms with Gasteiger partial charge in [0.2, 0.25) is 11.8 Å². The number of ether oxygens (including phenoxy) is 2.